The summed E-state index contributed by atoms with van der Waals surface area (Å²) in [5.74, 6) is 0. The molecule has 1 aromatic carbocycles. The van der Waals surface area contributed by atoms with Crippen molar-refractivity contribution in [1.82, 2.24) is 0 Å². The number of hydrogen-bond acceptors (Lipinski definition) is 1. The Kier molecular flexibility index (Phi) is 4.05. The lowest BCUT2D eigenvalue weighted by molar-refractivity contribution is 1.22. The number of hydrogen-bond donors (Lipinski definition) is 0. The van der Waals surface area contributed by atoms with Crippen molar-refractivity contribution in [3.8, 4) is 0 Å². The van der Waals surface area contributed by atoms with E-state index in [1.54, 1.807) is 6.08 Å². The molecule has 1 rings (SSSR count). The molecule has 0 aliphatic heterocycles. The van der Waals surface area contributed by atoms with Gasteiger partial charge in [0.1, 0.15) is 0 Å². The van der Waals surface area contributed by atoms with Crippen molar-refractivity contribution in [2.24, 2.45) is 5.11 Å². The highest BCUT2D eigenvalue weighted by molar-refractivity contribution is 6.31. The molecule has 0 bridgehead atoms. The average molecular weight is 208 g/mol. The molecule has 0 aliphatic rings. The molecule has 14 heavy (non-hydrogen) atoms. The normalized spacial score (nSPS) is 10.1. The number of azide groups is 1. The van der Waals surface area contributed by atoms with Crippen LogP contribution in [0.4, 0.5) is 0 Å². The van der Waals surface area contributed by atoms with Crippen molar-refractivity contribution in [1.29, 1.82) is 0 Å². The second-order valence-electron chi connectivity index (χ2n) is 2.77. The molecule has 0 saturated carbocycles. The zero-order valence-corrected chi connectivity index (χ0v) is 8.57. The van der Waals surface area contributed by atoms with E-state index in [2.05, 4.69) is 10.0 Å². The highest BCUT2D eigenvalue weighted by atomic mass is 35.5. The largest absolute Gasteiger partial charge is 0.0899 e. The molecule has 0 N–H and O–H groups in total. The van der Waals surface area contributed by atoms with Gasteiger partial charge in [0.05, 0.1) is 0 Å². The number of rotatable bonds is 3. The first kappa shape index (κ1) is 10.6. The molecular weight excluding hydrogens is 198 g/mol. The van der Waals surface area contributed by atoms with Crippen LogP contribution in [0.25, 0.3) is 16.5 Å². The molecule has 0 aromatic heterocycles. The lowest BCUT2D eigenvalue weighted by atomic mass is 10.1. The summed E-state index contributed by atoms with van der Waals surface area (Å²) >= 11 is 5.94. The molecule has 0 amide bonds. The predicted octanol–water partition coefficient (Wildman–Crippen LogP) is 3.97. The van der Waals surface area contributed by atoms with Crippen LogP contribution in [-0.4, -0.2) is 6.54 Å². The van der Waals surface area contributed by atoms with Crippen LogP contribution in [0.15, 0.2) is 29.4 Å². The lowest BCUT2D eigenvalue weighted by Crippen LogP contribution is -1.81. The first-order chi connectivity index (χ1) is 6.75. The zero-order valence-electron chi connectivity index (χ0n) is 7.81. The predicted molar refractivity (Wildman–Crippen MR) is 59.2 cm³/mol. The molecule has 0 radical (unpaired) electrons. The number of benzene rings is 1. The van der Waals surface area contributed by atoms with E-state index >= 15 is 0 Å². The van der Waals surface area contributed by atoms with Gasteiger partial charge in [0.25, 0.3) is 0 Å². The van der Waals surface area contributed by atoms with Gasteiger partial charge in [-0.15, -0.1) is 0 Å². The highest BCUT2D eigenvalue weighted by Gasteiger charge is 1.96. The van der Waals surface area contributed by atoms with Crippen LogP contribution in [0, 0.1) is 6.92 Å². The molecule has 0 heterocycles. The Hall–Kier alpha value is -1.44. The Morgan fingerprint density at radius 2 is 2.36 bits per heavy atom. The van der Waals surface area contributed by atoms with E-state index in [1.165, 1.54) is 0 Å². The van der Waals surface area contributed by atoms with Crippen molar-refractivity contribution in [3.05, 3.63) is 50.9 Å². The van der Waals surface area contributed by atoms with Gasteiger partial charge in [-0.2, -0.15) is 0 Å². The molecule has 3 nitrogen and oxygen atoms in total. The van der Waals surface area contributed by atoms with Crippen LogP contribution in [-0.2, 0) is 0 Å². The standard InChI is InChI=1S/C10H10ClN3/c1-8-9(4-2-6-10(8)11)5-3-7-13-14-12/h2-6H,7H2,1H3. The molecule has 0 atom stereocenters. The molecule has 72 valence electrons. The maximum Gasteiger partial charge on any atom is 0.0443 e. The van der Waals surface area contributed by atoms with E-state index in [0.717, 1.165) is 16.1 Å². The summed E-state index contributed by atoms with van der Waals surface area (Å²) in [6, 6.07) is 5.71. The summed E-state index contributed by atoms with van der Waals surface area (Å²) in [6.07, 6.45) is 3.70. The molecule has 1 aromatic rings. The van der Waals surface area contributed by atoms with Gasteiger partial charge in [-0.05, 0) is 29.6 Å². The third-order valence-electron chi connectivity index (χ3n) is 1.86. The van der Waals surface area contributed by atoms with Crippen LogP contribution in [0.3, 0.4) is 0 Å². The van der Waals surface area contributed by atoms with Crippen LogP contribution >= 0.6 is 11.6 Å². The Morgan fingerprint density at radius 3 is 3.07 bits per heavy atom. The minimum absolute atomic E-state index is 0.364. The van der Waals surface area contributed by atoms with Crippen molar-refractivity contribution >= 4 is 17.7 Å². The van der Waals surface area contributed by atoms with Gasteiger partial charge in [-0.1, -0.05) is 41.0 Å². The van der Waals surface area contributed by atoms with E-state index in [9.17, 15) is 0 Å². The fourth-order valence-corrected chi connectivity index (χ4v) is 1.25. The van der Waals surface area contributed by atoms with Crippen molar-refractivity contribution < 1.29 is 0 Å². The van der Waals surface area contributed by atoms with E-state index in [-0.39, 0.29) is 0 Å². The van der Waals surface area contributed by atoms with Gasteiger partial charge < -0.3 is 0 Å². The van der Waals surface area contributed by atoms with E-state index < -0.39 is 0 Å². The number of halogens is 1. The second kappa shape index (κ2) is 5.32. The quantitative estimate of drug-likeness (QED) is 0.409. The van der Waals surface area contributed by atoms with Crippen LogP contribution < -0.4 is 0 Å². The monoisotopic (exact) mass is 207 g/mol. The maximum atomic E-state index is 8.07. The fraction of sp³-hybridized carbons (Fsp3) is 0.200. The Balaban J connectivity index is 2.81. The minimum atomic E-state index is 0.364. The van der Waals surface area contributed by atoms with Gasteiger partial charge in [-0.3, -0.25) is 0 Å². The van der Waals surface area contributed by atoms with Gasteiger partial charge >= 0.3 is 0 Å². The molecule has 0 aliphatic carbocycles. The summed E-state index contributed by atoms with van der Waals surface area (Å²) < 4.78 is 0. The van der Waals surface area contributed by atoms with Crippen molar-refractivity contribution in [3.63, 3.8) is 0 Å². The summed E-state index contributed by atoms with van der Waals surface area (Å²) in [6.45, 7) is 2.32. The Morgan fingerprint density at radius 1 is 1.57 bits per heavy atom. The summed E-state index contributed by atoms with van der Waals surface area (Å²) in [4.78, 5) is 2.65. The third kappa shape index (κ3) is 2.80. The van der Waals surface area contributed by atoms with Crippen molar-refractivity contribution in [2.75, 3.05) is 6.54 Å². The second-order valence-corrected chi connectivity index (χ2v) is 3.18. The smallest absolute Gasteiger partial charge is 0.0443 e. The van der Waals surface area contributed by atoms with E-state index in [1.807, 2.05) is 31.2 Å². The van der Waals surface area contributed by atoms with Crippen LogP contribution in [0.2, 0.25) is 5.02 Å². The van der Waals surface area contributed by atoms with Crippen molar-refractivity contribution in [2.45, 2.75) is 6.92 Å². The molecule has 4 heteroatoms. The zero-order chi connectivity index (χ0) is 10.4. The highest BCUT2D eigenvalue weighted by Crippen LogP contribution is 2.19. The maximum absolute atomic E-state index is 8.07. The summed E-state index contributed by atoms with van der Waals surface area (Å²) in [5, 5.41) is 4.15. The number of nitrogens with zero attached hydrogens (tertiary/aromatic N) is 3. The average Bonchev–Trinajstić information content (AvgIpc) is 2.19. The first-order valence-electron chi connectivity index (χ1n) is 4.18. The topological polar surface area (TPSA) is 48.8 Å². The molecule has 0 saturated heterocycles. The lowest BCUT2D eigenvalue weighted by Gasteiger charge is -2.01. The van der Waals surface area contributed by atoms with E-state index in [4.69, 9.17) is 17.1 Å². The fourth-order valence-electron chi connectivity index (χ4n) is 1.07. The Labute approximate surface area is 87.6 Å². The van der Waals surface area contributed by atoms with Crippen LogP contribution in [0.1, 0.15) is 11.1 Å². The summed E-state index contributed by atoms with van der Waals surface area (Å²) in [7, 11) is 0. The van der Waals surface area contributed by atoms with Gasteiger partial charge in [0.15, 0.2) is 0 Å². The molecule has 0 unspecified atom stereocenters. The van der Waals surface area contributed by atoms with Crippen LogP contribution in [0.5, 0.6) is 0 Å². The Bertz CT molecular complexity index is 392. The van der Waals surface area contributed by atoms with Gasteiger partial charge in [0, 0.05) is 16.5 Å². The minimum Gasteiger partial charge on any atom is -0.0899 e. The SMILES string of the molecule is Cc1c(Cl)cccc1C=CCN=[N+]=[N-]. The first-order valence-corrected chi connectivity index (χ1v) is 4.56. The van der Waals surface area contributed by atoms with Gasteiger partial charge in [0.2, 0.25) is 0 Å². The van der Waals surface area contributed by atoms with E-state index in [0.29, 0.717) is 6.54 Å². The summed E-state index contributed by atoms with van der Waals surface area (Å²) in [5.41, 5.74) is 10.1. The molecular formula is C10H10ClN3. The van der Waals surface area contributed by atoms with Gasteiger partial charge in [-0.25, -0.2) is 0 Å². The molecule has 0 spiro atoms. The molecule has 0 fully saturated rings. The third-order valence-corrected chi connectivity index (χ3v) is 2.27.